The first kappa shape index (κ1) is 17.1. The fourth-order valence-electron chi connectivity index (χ4n) is 1.77. The number of primary sulfonamides is 1. The van der Waals surface area contributed by atoms with E-state index in [0.717, 1.165) is 4.88 Å². The molecule has 2 aromatic rings. The summed E-state index contributed by atoms with van der Waals surface area (Å²) < 4.78 is 22.4. The molecule has 1 aromatic carbocycles. The third-order valence-corrected chi connectivity index (χ3v) is 4.64. The molecule has 1 aromatic heterocycles. The van der Waals surface area contributed by atoms with E-state index in [1.807, 2.05) is 11.4 Å². The quantitative estimate of drug-likeness (QED) is 0.488. The molecule has 0 saturated carbocycles. The molecule has 1 heterocycles. The first-order valence-corrected chi connectivity index (χ1v) is 8.90. The number of carbonyl (C=O) groups is 2. The van der Waals surface area contributed by atoms with Gasteiger partial charge in [0.2, 0.25) is 10.0 Å². The minimum absolute atomic E-state index is 0.0166. The summed E-state index contributed by atoms with van der Waals surface area (Å²) in [5.41, 5.74) is 0.378. The van der Waals surface area contributed by atoms with Crippen molar-refractivity contribution >= 4 is 44.8 Å². The molecule has 6 nitrogen and oxygen atoms in total. The topological polar surface area (TPSA) is 106 Å². The summed E-state index contributed by atoms with van der Waals surface area (Å²) in [5.74, 6) is -0.925. The Morgan fingerprint density at radius 1 is 1.17 bits per heavy atom. The Balaban J connectivity index is 2.21. The zero-order chi connectivity index (χ0) is 17.0. The van der Waals surface area contributed by atoms with E-state index in [9.17, 15) is 18.0 Å². The van der Waals surface area contributed by atoms with Crippen LogP contribution in [0.25, 0.3) is 6.08 Å². The molecule has 23 heavy (non-hydrogen) atoms. The predicted octanol–water partition coefficient (Wildman–Crippen LogP) is 2.01. The molecule has 120 valence electrons. The second-order valence-corrected chi connectivity index (χ2v) is 7.19. The average Bonchev–Trinajstić information content (AvgIpc) is 2.97. The number of hydrogen-bond donors (Lipinski definition) is 2. The first-order chi connectivity index (χ1) is 10.8. The van der Waals surface area contributed by atoms with Crippen molar-refractivity contribution in [1.29, 1.82) is 0 Å². The number of benzene rings is 1. The van der Waals surface area contributed by atoms with Crippen molar-refractivity contribution in [2.24, 2.45) is 5.14 Å². The highest BCUT2D eigenvalue weighted by Crippen LogP contribution is 2.17. The van der Waals surface area contributed by atoms with Crippen LogP contribution in [0.5, 0.6) is 0 Å². The van der Waals surface area contributed by atoms with Gasteiger partial charge in [0.05, 0.1) is 10.5 Å². The van der Waals surface area contributed by atoms with E-state index >= 15 is 0 Å². The molecule has 0 fully saturated rings. The van der Waals surface area contributed by atoms with Crippen molar-refractivity contribution in [3.05, 3.63) is 52.2 Å². The second kappa shape index (κ2) is 6.86. The number of carbonyl (C=O) groups excluding carboxylic acids is 2. The average molecular weight is 350 g/mol. The minimum atomic E-state index is -3.79. The summed E-state index contributed by atoms with van der Waals surface area (Å²) in [5, 5.41) is 9.40. The van der Waals surface area contributed by atoms with E-state index in [2.05, 4.69) is 5.32 Å². The Morgan fingerprint density at radius 2 is 1.83 bits per heavy atom. The maximum Gasteiger partial charge on any atom is 0.259 e. The third-order valence-electron chi connectivity index (χ3n) is 2.89. The largest absolute Gasteiger partial charge is 0.322 e. The van der Waals surface area contributed by atoms with E-state index < -0.39 is 15.9 Å². The fourth-order valence-corrected chi connectivity index (χ4v) is 2.94. The Hall–Kier alpha value is -2.29. The molecule has 2 rings (SSSR count). The van der Waals surface area contributed by atoms with Gasteiger partial charge in [-0.1, -0.05) is 6.07 Å². The van der Waals surface area contributed by atoms with E-state index in [1.54, 1.807) is 6.07 Å². The fraction of sp³-hybridized carbons (Fsp3) is 0.0667. The number of rotatable bonds is 5. The molecule has 1 amide bonds. The van der Waals surface area contributed by atoms with Crippen LogP contribution in [0.3, 0.4) is 0 Å². The van der Waals surface area contributed by atoms with Crippen LogP contribution in [0.2, 0.25) is 0 Å². The zero-order valence-corrected chi connectivity index (χ0v) is 13.8. The van der Waals surface area contributed by atoms with Gasteiger partial charge in [-0.15, -0.1) is 11.3 Å². The summed E-state index contributed by atoms with van der Waals surface area (Å²) in [4.78, 5) is 24.6. The van der Waals surface area contributed by atoms with Crippen LogP contribution in [0.4, 0.5) is 5.69 Å². The highest BCUT2D eigenvalue weighted by atomic mass is 32.2. The van der Waals surface area contributed by atoms with Gasteiger partial charge >= 0.3 is 0 Å². The van der Waals surface area contributed by atoms with Crippen molar-refractivity contribution in [3.8, 4) is 0 Å². The monoisotopic (exact) mass is 350 g/mol. The molecule has 0 saturated heterocycles. The SMILES string of the molecule is CC(=O)/C(=C/c1cccs1)C(=O)Nc1ccc(S(N)(=O)=O)cc1. The number of Topliss-reactive ketones (excluding diaryl/α,β-unsaturated/α-hetero) is 1. The highest BCUT2D eigenvalue weighted by molar-refractivity contribution is 7.89. The summed E-state index contributed by atoms with van der Waals surface area (Å²) in [7, 11) is -3.79. The van der Waals surface area contributed by atoms with Crippen LogP contribution in [-0.4, -0.2) is 20.1 Å². The lowest BCUT2D eigenvalue weighted by Gasteiger charge is -2.07. The summed E-state index contributed by atoms with van der Waals surface area (Å²) >= 11 is 1.41. The number of sulfonamides is 1. The third kappa shape index (κ3) is 4.59. The van der Waals surface area contributed by atoms with E-state index in [4.69, 9.17) is 5.14 Å². The number of nitrogens with one attached hydrogen (secondary N) is 1. The molecule has 0 aliphatic carbocycles. The first-order valence-electron chi connectivity index (χ1n) is 6.48. The number of thiophene rings is 1. The molecule has 0 unspecified atom stereocenters. The molecule has 0 spiro atoms. The van der Waals surface area contributed by atoms with Gasteiger partial charge in [0.15, 0.2) is 5.78 Å². The van der Waals surface area contributed by atoms with Gasteiger partial charge in [0.25, 0.3) is 5.91 Å². The maximum absolute atomic E-state index is 12.2. The van der Waals surface area contributed by atoms with Crippen LogP contribution in [-0.2, 0) is 19.6 Å². The van der Waals surface area contributed by atoms with Crippen LogP contribution in [0, 0.1) is 0 Å². The van der Waals surface area contributed by atoms with Gasteiger partial charge in [0.1, 0.15) is 0 Å². The molecule has 0 aliphatic heterocycles. The Morgan fingerprint density at radius 3 is 2.30 bits per heavy atom. The van der Waals surface area contributed by atoms with Crippen molar-refractivity contribution in [3.63, 3.8) is 0 Å². The molecular formula is C15H14N2O4S2. The van der Waals surface area contributed by atoms with Gasteiger partial charge < -0.3 is 5.32 Å². The van der Waals surface area contributed by atoms with Gasteiger partial charge in [-0.25, -0.2) is 13.6 Å². The standard InChI is InChI=1S/C15H14N2O4S2/c1-10(18)14(9-12-3-2-8-22-12)15(19)17-11-4-6-13(7-5-11)23(16,20)21/h2-9H,1H3,(H,17,19)(H2,16,20,21)/b14-9-. The van der Waals surface area contributed by atoms with Crippen LogP contribution in [0.1, 0.15) is 11.8 Å². The van der Waals surface area contributed by atoms with Gasteiger partial charge in [0, 0.05) is 10.6 Å². The number of nitrogens with two attached hydrogens (primary N) is 1. The zero-order valence-electron chi connectivity index (χ0n) is 12.1. The highest BCUT2D eigenvalue weighted by Gasteiger charge is 2.15. The molecule has 0 bridgehead atoms. The normalized spacial score (nSPS) is 12.0. The van der Waals surface area contributed by atoms with Crippen molar-refractivity contribution in [2.75, 3.05) is 5.32 Å². The van der Waals surface area contributed by atoms with Gasteiger partial charge in [-0.3, -0.25) is 9.59 Å². The van der Waals surface area contributed by atoms with Crippen molar-refractivity contribution in [1.82, 2.24) is 0 Å². The van der Waals surface area contributed by atoms with Gasteiger partial charge in [-0.05, 0) is 48.7 Å². The Kier molecular flexibility index (Phi) is 5.09. The number of anilines is 1. The number of ketones is 1. The lowest BCUT2D eigenvalue weighted by atomic mass is 10.1. The summed E-state index contributed by atoms with van der Waals surface area (Å²) in [6.45, 7) is 1.31. The van der Waals surface area contributed by atoms with Gasteiger partial charge in [-0.2, -0.15) is 0 Å². The minimum Gasteiger partial charge on any atom is -0.322 e. The molecule has 0 atom stereocenters. The smallest absolute Gasteiger partial charge is 0.259 e. The molecule has 8 heteroatoms. The summed E-state index contributed by atoms with van der Waals surface area (Å²) in [6.07, 6.45) is 1.51. The van der Waals surface area contributed by atoms with Crippen molar-refractivity contribution in [2.45, 2.75) is 11.8 Å². The molecule has 0 radical (unpaired) electrons. The Labute approximate surface area is 137 Å². The second-order valence-electron chi connectivity index (χ2n) is 4.65. The number of hydrogen-bond acceptors (Lipinski definition) is 5. The lowest BCUT2D eigenvalue weighted by Crippen LogP contribution is -2.19. The van der Waals surface area contributed by atoms with E-state index in [0.29, 0.717) is 5.69 Å². The molecule has 3 N–H and O–H groups in total. The Bertz CT molecular complexity index is 851. The molecular weight excluding hydrogens is 336 g/mol. The van der Waals surface area contributed by atoms with E-state index in [1.165, 1.54) is 48.6 Å². The van der Waals surface area contributed by atoms with Crippen LogP contribution in [0.15, 0.2) is 52.2 Å². The van der Waals surface area contributed by atoms with Crippen LogP contribution < -0.4 is 10.5 Å². The number of amides is 1. The lowest BCUT2D eigenvalue weighted by molar-refractivity contribution is -0.118. The summed E-state index contributed by atoms with van der Waals surface area (Å²) in [6, 6.07) is 8.98. The maximum atomic E-state index is 12.2. The van der Waals surface area contributed by atoms with E-state index in [-0.39, 0.29) is 16.3 Å². The molecule has 0 aliphatic rings. The predicted molar refractivity (Wildman–Crippen MR) is 89.4 cm³/mol. The van der Waals surface area contributed by atoms with Crippen LogP contribution >= 0.6 is 11.3 Å². The van der Waals surface area contributed by atoms with Crippen molar-refractivity contribution < 1.29 is 18.0 Å².